The molecule has 0 aliphatic carbocycles. The maximum atomic E-state index is 4.12. The molecule has 2 heterocycles. The van der Waals surface area contributed by atoms with Gasteiger partial charge in [0.05, 0.1) is 5.51 Å². The molecule has 15 heavy (non-hydrogen) atoms. The van der Waals surface area contributed by atoms with Gasteiger partial charge in [-0.3, -0.25) is 9.88 Å². The van der Waals surface area contributed by atoms with Crippen molar-refractivity contribution in [3.63, 3.8) is 0 Å². The van der Waals surface area contributed by atoms with Gasteiger partial charge in [0, 0.05) is 30.2 Å². The zero-order valence-electron chi connectivity index (χ0n) is 9.28. The van der Waals surface area contributed by atoms with Crippen LogP contribution in [0.5, 0.6) is 0 Å². The number of rotatable bonds is 4. The third kappa shape index (κ3) is 3.26. The van der Waals surface area contributed by atoms with Gasteiger partial charge in [-0.25, -0.2) is 0 Å². The normalized spacial score (nSPS) is 23.1. The lowest BCUT2D eigenvalue weighted by molar-refractivity contribution is 0.186. The van der Waals surface area contributed by atoms with Crippen LogP contribution in [0.1, 0.15) is 24.6 Å². The Bertz CT molecular complexity index is 271. The third-order valence-corrected chi connectivity index (χ3v) is 3.63. The predicted octanol–water partition coefficient (Wildman–Crippen LogP) is 1.72. The fraction of sp³-hybridized carbons (Fsp3) is 0.727. The summed E-state index contributed by atoms with van der Waals surface area (Å²) in [5.74, 6) is 0. The number of piperidine rings is 1. The Balaban J connectivity index is 1.82. The van der Waals surface area contributed by atoms with E-state index in [-0.39, 0.29) is 0 Å². The van der Waals surface area contributed by atoms with Crippen molar-refractivity contribution < 1.29 is 0 Å². The molecule has 1 N–H and O–H groups in total. The Labute approximate surface area is 95.5 Å². The fourth-order valence-electron chi connectivity index (χ4n) is 2.20. The van der Waals surface area contributed by atoms with E-state index < -0.39 is 0 Å². The van der Waals surface area contributed by atoms with Crippen LogP contribution in [0.3, 0.4) is 0 Å². The molecule has 1 aliphatic heterocycles. The molecule has 0 radical (unpaired) electrons. The first-order valence-corrected chi connectivity index (χ1v) is 6.59. The second-order valence-electron chi connectivity index (χ2n) is 4.10. The lowest BCUT2D eigenvalue weighted by Crippen LogP contribution is -2.45. The maximum absolute atomic E-state index is 4.12. The van der Waals surface area contributed by atoms with Crippen LogP contribution < -0.4 is 5.32 Å². The predicted molar refractivity (Wildman–Crippen MR) is 64.1 cm³/mol. The van der Waals surface area contributed by atoms with Crippen LogP contribution in [-0.2, 0) is 6.54 Å². The number of nitrogens with one attached hydrogen (secondary N) is 1. The van der Waals surface area contributed by atoms with Crippen LogP contribution in [0.25, 0.3) is 0 Å². The molecule has 1 saturated heterocycles. The molecule has 1 aromatic rings. The van der Waals surface area contributed by atoms with E-state index in [0.29, 0.717) is 6.04 Å². The van der Waals surface area contributed by atoms with Crippen molar-refractivity contribution in [2.75, 3.05) is 19.6 Å². The molecule has 84 valence electrons. The zero-order valence-corrected chi connectivity index (χ0v) is 10.1. The molecule has 1 atom stereocenters. The Morgan fingerprint density at radius 2 is 2.60 bits per heavy atom. The molecule has 1 unspecified atom stereocenters. The van der Waals surface area contributed by atoms with E-state index in [1.807, 2.05) is 11.7 Å². The third-order valence-electron chi connectivity index (χ3n) is 2.86. The van der Waals surface area contributed by atoms with Crippen LogP contribution in [0.2, 0.25) is 0 Å². The highest BCUT2D eigenvalue weighted by atomic mass is 32.1. The number of hydrogen-bond acceptors (Lipinski definition) is 4. The van der Waals surface area contributed by atoms with Crippen LogP contribution >= 0.6 is 11.3 Å². The minimum Gasteiger partial charge on any atom is -0.313 e. The Hall–Kier alpha value is -0.450. The topological polar surface area (TPSA) is 28.2 Å². The lowest BCUT2D eigenvalue weighted by Gasteiger charge is -2.32. The van der Waals surface area contributed by atoms with Crippen molar-refractivity contribution in [2.24, 2.45) is 0 Å². The molecular weight excluding hydrogens is 206 g/mol. The minimum atomic E-state index is 0.691. The Morgan fingerprint density at radius 3 is 3.33 bits per heavy atom. The van der Waals surface area contributed by atoms with E-state index in [1.165, 1.54) is 30.8 Å². The Morgan fingerprint density at radius 1 is 1.67 bits per heavy atom. The second-order valence-corrected chi connectivity index (χ2v) is 5.07. The summed E-state index contributed by atoms with van der Waals surface area (Å²) in [5, 5.41) is 3.54. The summed E-state index contributed by atoms with van der Waals surface area (Å²) in [7, 11) is 0. The lowest BCUT2D eigenvalue weighted by atomic mass is 10.1. The zero-order chi connectivity index (χ0) is 10.5. The Kier molecular flexibility index (Phi) is 4.11. The van der Waals surface area contributed by atoms with Crippen molar-refractivity contribution in [3.8, 4) is 0 Å². The summed E-state index contributed by atoms with van der Waals surface area (Å²) < 4.78 is 0. The molecule has 0 saturated carbocycles. The summed E-state index contributed by atoms with van der Waals surface area (Å²) in [4.78, 5) is 8.03. The van der Waals surface area contributed by atoms with E-state index in [0.717, 1.165) is 13.1 Å². The van der Waals surface area contributed by atoms with Crippen molar-refractivity contribution in [1.29, 1.82) is 0 Å². The molecule has 0 amide bonds. The van der Waals surface area contributed by atoms with Gasteiger partial charge in [0.25, 0.3) is 0 Å². The molecule has 0 spiro atoms. The molecular formula is C11H19N3S. The first kappa shape index (κ1) is 11.0. The van der Waals surface area contributed by atoms with Crippen LogP contribution in [0.4, 0.5) is 0 Å². The largest absolute Gasteiger partial charge is 0.313 e. The summed E-state index contributed by atoms with van der Waals surface area (Å²) >= 11 is 1.76. The van der Waals surface area contributed by atoms with Crippen molar-refractivity contribution in [1.82, 2.24) is 15.2 Å². The van der Waals surface area contributed by atoms with E-state index in [1.54, 1.807) is 11.3 Å². The number of likely N-dealkylation sites (tertiary alicyclic amines) is 1. The summed E-state index contributed by atoms with van der Waals surface area (Å²) in [6.45, 7) is 6.76. The number of nitrogens with zero attached hydrogens (tertiary/aromatic N) is 2. The van der Waals surface area contributed by atoms with Crippen LogP contribution in [0, 0.1) is 0 Å². The fourth-order valence-corrected chi connectivity index (χ4v) is 2.83. The number of hydrogen-bond donors (Lipinski definition) is 1. The van der Waals surface area contributed by atoms with Gasteiger partial charge < -0.3 is 5.32 Å². The second kappa shape index (κ2) is 5.58. The van der Waals surface area contributed by atoms with Gasteiger partial charge in [-0.2, -0.15) is 0 Å². The van der Waals surface area contributed by atoms with Crippen molar-refractivity contribution in [2.45, 2.75) is 32.4 Å². The number of aromatic nitrogens is 1. The monoisotopic (exact) mass is 225 g/mol. The minimum absolute atomic E-state index is 0.691. The van der Waals surface area contributed by atoms with Gasteiger partial charge in [-0.05, 0) is 25.9 Å². The average Bonchev–Trinajstić information content (AvgIpc) is 2.71. The smallest absolute Gasteiger partial charge is 0.0794 e. The average molecular weight is 225 g/mol. The summed E-state index contributed by atoms with van der Waals surface area (Å²) in [5.41, 5.74) is 1.92. The molecule has 4 heteroatoms. The van der Waals surface area contributed by atoms with E-state index in [2.05, 4.69) is 22.1 Å². The van der Waals surface area contributed by atoms with Crippen LogP contribution in [0.15, 0.2) is 11.7 Å². The summed E-state index contributed by atoms with van der Waals surface area (Å²) in [6, 6.07) is 0.691. The van der Waals surface area contributed by atoms with Gasteiger partial charge in [0.2, 0.25) is 0 Å². The SMILES string of the molecule is CCNC1CCCN(Cc2cncs2)C1. The summed E-state index contributed by atoms with van der Waals surface area (Å²) in [6.07, 6.45) is 4.63. The molecule has 0 aromatic carbocycles. The standard InChI is InChI=1S/C11H19N3S/c1-2-13-10-4-3-5-14(7-10)8-11-6-12-9-15-11/h6,9-10,13H,2-5,7-8H2,1H3. The van der Waals surface area contributed by atoms with Gasteiger partial charge >= 0.3 is 0 Å². The van der Waals surface area contributed by atoms with E-state index >= 15 is 0 Å². The van der Waals surface area contributed by atoms with Gasteiger partial charge in [-0.15, -0.1) is 11.3 Å². The van der Waals surface area contributed by atoms with Crippen molar-refractivity contribution in [3.05, 3.63) is 16.6 Å². The van der Waals surface area contributed by atoms with Gasteiger partial charge in [0.15, 0.2) is 0 Å². The van der Waals surface area contributed by atoms with Gasteiger partial charge in [-0.1, -0.05) is 6.92 Å². The quantitative estimate of drug-likeness (QED) is 0.845. The highest BCUT2D eigenvalue weighted by molar-refractivity contribution is 7.09. The highest BCUT2D eigenvalue weighted by Gasteiger charge is 2.18. The molecule has 0 bridgehead atoms. The van der Waals surface area contributed by atoms with Gasteiger partial charge in [0.1, 0.15) is 0 Å². The molecule has 1 aliphatic rings. The number of likely N-dealkylation sites (N-methyl/N-ethyl adjacent to an activating group) is 1. The first-order valence-electron chi connectivity index (χ1n) is 5.71. The van der Waals surface area contributed by atoms with E-state index in [9.17, 15) is 0 Å². The van der Waals surface area contributed by atoms with Crippen molar-refractivity contribution >= 4 is 11.3 Å². The number of thiazole rings is 1. The van der Waals surface area contributed by atoms with E-state index in [4.69, 9.17) is 0 Å². The first-order chi connectivity index (χ1) is 7.38. The molecule has 3 nitrogen and oxygen atoms in total. The van der Waals surface area contributed by atoms with Crippen LogP contribution in [-0.4, -0.2) is 35.6 Å². The molecule has 1 fully saturated rings. The molecule has 1 aromatic heterocycles. The highest BCUT2D eigenvalue weighted by Crippen LogP contribution is 2.15. The molecule has 2 rings (SSSR count). The maximum Gasteiger partial charge on any atom is 0.0794 e.